The number of carbonyl (C=O) groups excluding carboxylic acids is 1. The average molecular weight is 398 g/mol. The Morgan fingerprint density at radius 2 is 1.93 bits per heavy atom. The van der Waals surface area contributed by atoms with Crippen LogP contribution in [0.25, 0.3) is 10.9 Å². The third-order valence-corrected chi connectivity index (χ3v) is 6.31. The number of alkyl carbamates (subject to hydrolysis) is 1. The van der Waals surface area contributed by atoms with E-state index in [0.717, 1.165) is 37.2 Å². The number of ether oxygens (including phenoxy) is 1. The van der Waals surface area contributed by atoms with Crippen molar-refractivity contribution in [3.8, 4) is 0 Å². The molecule has 1 amide bonds. The number of benzene rings is 1. The first-order valence-electron chi connectivity index (χ1n) is 10.7. The first kappa shape index (κ1) is 19.9. The van der Waals surface area contributed by atoms with Gasteiger partial charge in [-0.2, -0.15) is 0 Å². The molecular weight excluding hydrogens is 366 g/mol. The normalized spacial score (nSPS) is 19.2. The van der Waals surface area contributed by atoms with Crippen LogP contribution < -0.4 is 10.9 Å². The molecule has 29 heavy (non-hydrogen) atoms. The summed E-state index contributed by atoms with van der Waals surface area (Å²) in [7, 11) is 0. The van der Waals surface area contributed by atoms with Crippen LogP contribution in [-0.2, 0) is 16.7 Å². The maximum atomic E-state index is 13.2. The van der Waals surface area contributed by atoms with E-state index in [-0.39, 0.29) is 17.0 Å². The minimum atomic E-state index is -0.562. The zero-order valence-electron chi connectivity index (χ0n) is 17.9. The number of amides is 1. The third-order valence-electron chi connectivity index (χ3n) is 6.31. The maximum absolute atomic E-state index is 13.2. The van der Waals surface area contributed by atoms with Crippen molar-refractivity contribution in [3.05, 3.63) is 39.9 Å². The summed E-state index contributed by atoms with van der Waals surface area (Å²) in [6.07, 6.45) is 6.42. The zero-order valence-corrected chi connectivity index (χ0v) is 17.9. The van der Waals surface area contributed by atoms with E-state index in [1.165, 1.54) is 19.3 Å². The predicted molar refractivity (Wildman–Crippen MR) is 113 cm³/mol. The van der Waals surface area contributed by atoms with Gasteiger partial charge in [0.25, 0.3) is 5.56 Å². The molecule has 6 nitrogen and oxygen atoms in total. The number of hydrogen-bond donors (Lipinski definition) is 1. The molecule has 2 aromatic rings. The number of aromatic nitrogens is 2. The van der Waals surface area contributed by atoms with E-state index in [0.29, 0.717) is 10.9 Å². The molecule has 1 aliphatic carbocycles. The van der Waals surface area contributed by atoms with Gasteiger partial charge in [0.1, 0.15) is 11.4 Å². The second kappa shape index (κ2) is 7.15. The summed E-state index contributed by atoms with van der Waals surface area (Å²) in [6.45, 7) is 8.17. The van der Waals surface area contributed by atoms with Crippen LogP contribution >= 0.6 is 0 Å². The fourth-order valence-corrected chi connectivity index (χ4v) is 4.93. The second-order valence-corrected chi connectivity index (χ2v) is 9.59. The van der Waals surface area contributed by atoms with Gasteiger partial charge in [-0.1, -0.05) is 31.4 Å². The highest BCUT2D eigenvalue weighted by atomic mass is 16.6. The van der Waals surface area contributed by atoms with Gasteiger partial charge in [0.2, 0.25) is 0 Å². The number of para-hydroxylation sites is 1. The van der Waals surface area contributed by atoms with Gasteiger partial charge in [-0.15, -0.1) is 0 Å². The summed E-state index contributed by atoms with van der Waals surface area (Å²) in [5, 5.41) is 3.52. The van der Waals surface area contributed by atoms with Crippen molar-refractivity contribution in [3.63, 3.8) is 0 Å². The molecule has 1 aromatic heterocycles. The molecular formula is C23H31N3O3. The van der Waals surface area contributed by atoms with Gasteiger partial charge in [-0.25, -0.2) is 9.78 Å². The molecule has 4 rings (SSSR count). The molecule has 0 bridgehead atoms. The van der Waals surface area contributed by atoms with E-state index in [1.54, 1.807) is 0 Å². The Labute approximate surface area is 171 Å². The van der Waals surface area contributed by atoms with E-state index in [4.69, 9.17) is 9.72 Å². The first-order chi connectivity index (χ1) is 13.7. The number of fused-ring (bicyclic) bond motifs is 3. The number of rotatable bonds is 2. The molecule has 1 unspecified atom stereocenters. The summed E-state index contributed by atoms with van der Waals surface area (Å²) in [5.41, 5.74) is 1.08. The van der Waals surface area contributed by atoms with Crippen LogP contribution in [0.1, 0.15) is 83.6 Å². The van der Waals surface area contributed by atoms with Crippen LogP contribution in [0.5, 0.6) is 0 Å². The van der Waals surface area contributed by atoms with Gasteiger partial charge in [0, 0.05) is 17.5 Å². The smallest absolute Gasteiger partial charge is 0.408 e. The fourth-order valence-electron chi connectivity index (χ4n) is 4.93. The monoisotopic (exact) mass is 397 g/mol. The summed E-state index contributed by atoms with van der Waals surface area (Å²) in [4.78, 5) is 30.6. The van der Waals surface area contributed by atoms with Crippen molar-refractivity contribution in [1.82, 2.24) is 14.9 Å². The molecule has 2 aliphatic rings. The van der Waals surface area contributed by atoms with Gasteiger partial charge in [0.05, 0.1) is 16.9 Å². The lowest BCUT2D eigenvalue weighted by Gasteiger charge is -2.32. The first-order valence-corrected chi connectivity index (χ1v) is 10.7. The fraction of sp³-hybridized carbons (Fsp3) is 0.609. The number of carbonyl (C=O) groups is 1. The highest BCUT2D eigenvalue weighted by Gasteiger charge is 2.42. The molecule has 2 heterocycles. The SMILES string of the molecule is CC(NC(=O)OC(C)(C)C)c1cccc2c(=O)n3c(nc12)C1(CCCCC1)CC3. The number of hydrogen-bond acceptors (Lipinski definition) is 4. The Morgan fingerprint density at radius 3 is 2.62 bits per heavy atom. The highest BCUT2D eigenvalue weighted by molar-refractivity contribution is 5.82. The standard InChI is InChI=1S/C23H31N3O3/c1-15(24-21(28)29-22(2,3)4)16-9-8-10-17-18(16)25-20-23(11-6-5-7-12-23)13-14-26(20)19(17)27/h8-10,15H,5-7,11-14H2,1-4H3,(H,24,28). The molecule has 6 heteroatoms. The summed E-state index contributed by atoms with van der Waals surface area (Å²) >= 11 is 0. The Kier molecular flexibility index (Phi) is 4.91. The van der Waals surface area contributed by atoms with Crippen LogP contribution in [0, 0.1) is 0 Å². The minimum absolute atomic E-state index is 0.0405. The van der Waals surface area contributed by atoms with Crippen molar-refractivity contribution in [2.45, 2.75) is 89.8 Å². The van der Waals surface area contributed by atoms with E-state index >= 15 is 0 Å². The maximum Gasteiger partial charge on any atom is 0.408 e. The second-order valence-electron chi connectivity index (χ2n) is 9.59. The van der Waals surface area contributed by atoms with Gasteiger partial charge >= 0.3 is 6.09 Å². The molecule has 1 spiro atoms. The predicted octanol–water partition coefficient (Wildman–Crippen LogP) is 4.59. The molecule has 156 valence electrons. The lowest BCUT2D eigenvalue weighted by molar-refractivity contribution is 0.0508. The summed E-state index contributed by atoms with van der Waals surface area (Å²) in [6, 6.07) is 5.34. The molecule has 0 radical (unpaired) electrons. The number of nitrogens with one attached hydrogen (secondary N) is 1. The van der Waals surface area contributed by atoms with Gasteiger partial charge in [0.15, 0.2) is 0 Å². The average Bonchev–Trinajstić information content (AvgIpc) is 2.99. The van der Waals surface area contributed by atoms with Crippen LogP contribution in [0.15, 0.2) is 23.0 Å². The van der Waals surface area contributed by atoms with E-state index in [1.807, 2.05) is 50.5 Å². The molecule has 0 saturated heterocycles. The quantitative estimate of drug-likeness (QED) is 0.804. The summed E-state index contributed by atoms with van der Waals surface area (Å²) in [5.74, 6) is 0.951. The lowest BCUT2D eigenvalue weighted by Crippen LogP contribution is -2.34. The molecule has 1 saturated carbocycles. The van der Waals surface area contributed by atoms with Crippen molar-refractivity contribution < 1.29 is 9.53 Å². The molecule has 1 N–H and O–H groups in total. The Balaban J connectivity index is 1.75. The molecule has 1 atom stereocenters. The summed E-state index contributed by atoms with van der Waals surface area (Å²) < 4.78 is 7.29. The van der Waals surface area contributed by atoms with Crippen LogP contribution in [-0.4, -0.2) is 21.2 Å². The molecule has 1 aliphatic heterocycles. The van der Waals surface area contributed by atoms with Crippen LogP contribution in [0.3, 0.4) is 0 Å². The topological polar surface area (TPSA) is 73.2 Å². The Morgan fingerprint density at radius 1 is 1.21 bits per heavy atom. The highest BCUT2D eigenvalue weighted by Crippen LogP contribution is 2.45. The van der Waals surface area contributed by atoms with Crippen molar-refractivity contribution in [2.24, 2.45) is 0 Å². The van der Waals surface area contributed by atoms with Crippen LogP contribution in [0.2, 0.25) is 0 Å². The molecule has 1 aromatic carbocycles. The van der Waals surface area contributed by atoms with E-state index in [2.05, 4.69) is 5.32 Å². The lowest BCUT2D eigenvalue weighted by atomic mass is 9.72. The van der Waals surface area contributed by atoms with Gasteiger partial charge < -0.3 is 10.1 Å². The molecule has 1 fully saturated rings. The minimum Gasteiger partial charge on any atom is -0.444 e. The zero-order chi connectivity index (χ0) is 20.8. The van der Waals surface area contributed by atoms with Crippen molar-refractivity contribution in [1.29, 1.82) is 0 Å². The van der Waals surface area contributed by atoms with E-state index in [9.17, 15) is 9.59 Å². The van der Waals surface area contributed by atoms with Crippen molar-refractivity contribution >= 4 is 17.0 Å². The van der Waals surface area contributed by atoms with Gasteiger partial charge in [-0.3, -0.25) is 9.36 Å². The van der Waals surface area contributed by atoms with Crippen molar-refractivity contribution in [2.75, 3.05) is 0 Å². The van der Waals surface area contributed by atoms with Crippen LogP contribution in [0.4, 0.5) is 4.79 Å². The largest absolute Gasteiger partial charge is 0.444 e. The Bertz CT molecular complexity index is 997. The van der Waals surface area contributed by atoms with Gasteiger partial charge in [-0.05, 0) is 53.0 Å². The number of nitrogens with zero attached hydrogens (tertiary/aromatic N) is 2. The Hall–Kier alpha value is -2.37. The third kappa shape index (κ3) is 3.65. The van der Waals surface area contributed by atoms with E-state index < -0.39 is 11.7 Å².